The molecule has 2 aromatic carbocycles. The molecule has 0 N–H and O–H groups in total. The monoisotopic (exact) mass is 416 g/mol. The molecule has 2 aromatic rings. The Morgan fingerprint density at radius 2 is 1.34 bits per heavy atom. The summed E-state index contributed by atoms with van der Waals surface area (Å²) in [5, 5.41) is 0. The summed E-state index contributed by atoms with van der Waals surface area (Å²) in [7, 11) is -3.17. The van der Waals surface area contributed by atoms with Gasteiger partial charge in [0.1, 0.15) is 5.75 Å². The highest BCUT2D eigenvalue weighted by Crippen LogP contribution is 2.16. The Morgan fingerprint density at radius 3 is 1.86 bits per heavy atom. The molecular formula is C23H28O5S. The number of hydrogen-bond acceptors (Lipinski definition) is 5. The maximum absolute atomic E-state index is 11.5. The molecule has 0 aromatic heterocycles. The van der Waals surface area contributed by atoms with Gasteiger partial charge < -0.3 is 9.47 Å². The van der Waals surface area contributed by atoms with Crippen LogP contribution >= 0.6 is 0 Å². The van der Waals surface area contributed by atoms with Crippen LogP contribution in [0.15, 0.2) is 53.4 Å². The van der Waals surface area contributed by atoms with E-state index in [-0.39, 0.29) is 5.97 Å². The van der Waals surface area contributed by atoms with Gasteiger partial charge >= 0.3 is 5.97 Å². The SMILES string of the molecule is CC(=O)OCCCCCCOc1ccc(C=Cc2ccc(S(C)(=O)=O)cc2)cc1. The van der Waals surface area contributed by atoms with Crippen LogP contribution < -0.4 is 4.74 Å². The number of rotatable bonds is 11. The molecule has 0 aliphatic carbocycles. The molecule has 2 rings (SSSR count). The number of esters is 1. The molecule has 0 fully saturated rings. The van der Waals surface area contributed by atoms with Crippen molar-refractivity contribution in [2.24, 2.45) is 0 Å². The fraction of sp³-hybridized carbons (Fsp3) is 0.348. The Hall–Kier alpha value is -2.60. The normalized spacial score (nSPS) is 11.5. The first kappa shape index (κ1) is 22.7. The standard InChI is InChI=1S/C23H28O5S/c1-19(24)27-17-5-3-4-6-18-28-22-13-9-20(10-14-22)7-8-21-11-15-23(16-12-21)29(2,25)26/h7-16H,3-6,17-18H2,1-2H3. The van der Waals surface area contributed by atoms with Gasteiger partial charge in [0.2, 0.25) is 0 Å². The first-order valence-electron chi connectivity index (χ1n) is 9.69. The van der Waals surface area contributed by atoms with Crippen LogP contribution in [0, 0.1) is 0 Å². The second-order valence-corrected chi connectivity index (χ2v) is 8.86. The van der Waals surface area contributed by atoms with Crippen LogP contribution in [-0.4, -0.2) is 33.9 Å². The van der Waals surface area contributed by atoms with Crippen LogP contribution in [0.4, 0.5) is 0 Å². The molecule has 0 spiro atoms. The zero-order chi connectivity index (χ0) is 21.1. The van der Waals surface area contributed by atoms with E-state index in [0.29, 0.717) is 18.1 Å². The molecule has 29 heavy (non-hydrogen) atoms. The highest BCUT2D eigenvalue weighted by Gasteiger charge is 2.05. The summed E-state index contributed by atoms with van der Waals surface area (Å²) in [6.07, 6.45) is 9.03. The Kier molecular flexibility index (Phi) is 8.93. The highest BCUT2D eigenvalue weighted by atomic mass is 32.2. The van der Waals surface area contributed by atoms with Gasteiger partial charge in [-0.05, 0) is 61.1 Å². The minimum absolute atomic E-state index is 0.225. The van der Waals surface area contributed by atoms with Gasteiger partial charge in [-0.2, -0.15) is 0 Å². The number of hydrogen-bond donors (Lipinski definition) is 0. The Balaban J connectivity index is 1.71. The Labute approximate surface area is 173 Å². The van der Waals surface area contributed by atoms with Crippen molar-refractivity contribution in [1.29, 1.82) is 0 Å². The van der Waals surface area contributed by atoms with Crippen LogP contribution in [0.3, 0.4) is 0 Å². The highest BCUT2D eigenvalue weighted by molar-refractivity contribution is 7.90. The molecule has 156 valence electrons. The van der Waals surface area contributed by atoms with Crippen LogP contribution in [0.25, 0.3) is 12.2 Å². The molecule has 0 saturated carbocycles. The van der Waals surface area contributed by atoms with Gasteiger partial charge in [-0.1, -0.05) is 36.4 Å². The average molecular weight is 417 g/mol. The van der Waals surface area contributed by atoms with Gasteiger partial charge in [0.25, 0.3) is 0 Å². The minimum atomic E-state index is -3.17. The maximum Gasteiger partial charge on any atom is 0.302 e. The summed E-state index contributed by atoms with van der Waals surface area (Å²) in [5.41, 5.74) is 1.97. The molecule has 0 atom stereocenters. The smallest absolute Gasteiger partial charge is 0.302 e. The fourth-order valence-electron chi connectivity index (χ4n) is 2.66. The molecular weight excluding hydrogens is 388 g/mol. The molecule has 0 bridgehead atoms. The van der Waals surface area contributed by atoms with Gasteiger partial charge in [-0.15, -0.1) is 0 Å². The molecule has 5 nitrogen and oxygen atoms in total. The first-order chi connectivity index (χ1) is 13.8. The van der Waals surface area contributed by atoms with Crippen LogP contribution in [0.1, 0.15) is 43.7 Å². The van der Waals surface area contributed by atoms with E-state index in [1.165, 1.54) is 13.2 Å². The molecule has 0 amide bonds. The molecule has 0 heterocycles. The lowest BCUT2D eigenvalue weighted by molar-refractivity contribution is -0.141. The predicted octanol–water partition coefficient (Wildman–Crippen LogP) is 4.76. The molecule has 6 heteroatoms. The summed E-state index contributed by atoms with van der Waals surface area (Å²) >= 11 is 0. The van der Waals surface area contributed by atoms with E-state index in [4.69, 9.17) is 9.47 Å². The summed E-state index contributed by atoms with van der Waals surface area (Å²) < 4.78 is 33.6. The Bertz CT molecular complexity index is 897. The van der Waals surface area contributed by atoms with Crippen molar-refractivity contribution in [3.63, 3.8) is 0 Å². The second kappa shape index (κ2) is 11.4. The quantitative estimate of drug-likeness (QED) is 0.300. The van der Waals surface area contributed by atoms with E-state index in [9.17, 15) is 13.2 Å². The zero-order valence-corrected chi connectivity index (χ0v) is 17.8. The van der Waals surface area contributed by atoms with Crippen LogP contribution in [-0.2, 0) is 19.4 Å². The van der Waals surface area contributed by atoms with Crippen LogP contribution in [0.5, 0.6) is 5.75 Å². The lowest BCUT2D eigenvalue weighted by Crippen LogP contribution is -2.01. The number of benzene rings is 2. The van der Waals surface area contributed by atoms with E-state index >= 15 is 0 Å². The van der Waals surface area contributed by atoms with Crippen molar-refractivity contribution in [1.82, 2.24) is 0 Å². The number of ether oxygens (including phenoxy) is 2. The van der Waals surface area contributed by atoms with Crippen molar-refractivity contribution in [3.05, 3.63) is 59.7 Å². The van der Waals surface area contributed by atoms with E-state index in [2.05, 4.69) is 0 Å². The third-order valence-electron chi connectivity index (χ3n) is 4.27. The number of sulfone groups is 1. The predicted molar refractivity (Wildman–Crippen MR) is 116 cm³/mol. The summed E-state index contributed by atoms with van der Waals surface area (Å²) in [4.78, 5) is 11.0. The van der Waals surface area contributed by atoms with Crippen molar-refractivity contribution < 1.29 is 22.7 Å². The van der Waals surface area contributed by atoms with E-state index in [0.717, 1.165) is 42.6 Å². The number of unbranched alkanes of at least 4 members (excludes halogenated alkanes) is 3. The maximum atomic E-state index is 11.5. The first-order valence-corrected chi connectivity index (χ1v) is 11.6. The number of carbonyl (C=O) groups excluding carboxylic acids is 1. The minimum Gasteiger partial charge on any atom is -0.494 e. The number of carbonyl (C=O) groups is 1. The lowest BCUT2D eigenvalue weighted by atomic mass is 10.1. The third-order valence-corrected chi connectivity index (χ3v) is 5.40. The average Bonchev–Trinajstić information content (AvgIpc) is 2.69. The van der Waals surface area contributed by atoms with Gasteiger partial charge in [0, 0.05) is 13.2 Å². The zero-order valence-electron chi connectivity index (χ0n) is 17.0. The van der Waals surface area contributed by atoms with Crippen molar-refractivity contribution >= 4 is 28.0 Å². The molecule has 0 aliphatic heterocycles. The summed E-state index contributed by atoms with van der Waals surface area (Å²) in [6, 6.07) is 14.6. The van der Waals surface area contributed by atoms with Gasteiger partial charge in [0.15, 0.2) is 9.84 Å². The van der Waals surface area contributed by atoms with Gasteiger partial charge in [-0.25, -0.2) is 8.42 Å². The van der Waals surface area contributed by atoms with Crippen LogP contribution in [0.2, 0.25) is 0 Å². The Morgan fingerprint density at radius 1 is 0.828 bits per heavy atom. The largest absolute Gasteiger partial charge is 0.494 e. The lowest BCUT2D eigenvalue weighted by Gasteiger charge is -2.06. The van der Waals surface area contributed by atoms with Crippen molar-refractivity contribution in [2.75, 3.05) is 19.5 Å². The van der Waals surface area contributed by atoms with E-state index < -0.39 is 9.84 Å². The second-order valence-electron chi connectivity index (χ2n) is 6.85. The fourth-order valence-corrected chi connectivity index (χ4v) is 3.29. The van der Waals surface area contributed by atoms with Gasteiger partial charge in [0.05, 0.1) is 18.1 Å². The molecule has 0 unspecified atom stereocenters. The molecule has 0 aliphatic rings. The van der Waals surface area contributed by atoms with Gasteiger partial charge in [-0.3, -0.25) is 4.79 Å². The molecule has 0 saturated heterocycles. The van der Waals surface area contributed by atoms with Crippen molar-refractivity contribution in [3.8, 4) is 5.75 Å². The summed E-state index contributed by atoms with van der Waals surface area (Å²) in [6.45, 7) is 2.58. The van der Waals surface area contributed by atoms with E-state index in [1.807, 2.05) is 36.4 Å². The van der Waals surface area contributed by atoms with E-state index in [1.54, 1.807) is 24.3 Å². The van der Waals surface area contributed by atoms with Crippen molar-refractivity contribution in [2.45, 2.75) is 37.5 Å². The third kappa shape index (κ3) is 8.96. The topological polar surface area (TPSA) is 69.7 Å². The molecule has 0 radical (unpaired) electrons. The summed E-state index contributed by atoms with van der Waals surface area (Å²) in [5.74, 6) is 0.607.